The Hall–Kier alpha value is -2.30. The monoisotopic (exact) mass is 255 g/mol. The van der Waals surface area contributed by atoms with E-state index in [1.165, 1.54) is 11.1 Å². The Labute approximate surface area is 111 Å². The molecule has 2 N–H and O–H groups in total. The molecule has 2 aromatic heterocycles. The quantitative estimate of drug-likeness (QED) is 0.725. The summed E-state index contributed by atoms with van der Waals surface area (Å²) in [6.07, 6.45) is 0. The molecule has 0 bridgehead atoms. The fourth-order valence-corrected chi connectivity index (χ4v) is 2.30. The van der Waals surface area contributed by atoms with E-state index in [0.29, 0.717) is 5.82 Å². The summed E-state index contributed by atoms with van der Waals surface area (Å²) in [5.74, 6) is 1.34. The highest BCUT2D eigenvalue weighted by Gasteiger charge is 2.13. The van der Waals surface area contributed by atoms with Crippen LogP contribution < -0.4 is 5.73 Å². The molecule has 0 radical (unpaired) electrons. The molecule has 0 fully saturated rings. The third-order valence-corrected chi connectivity index (χ3v) is 3.52. The number of hydrogen-bond acceptors (Lipinski definition) is 3. The number of rotatable bonds is 1. The molecule has 0 unspecified atom stereocenters. The van der Waals surface area contributed by atoms with Gasteiger partial charge < -0.3 is 10.3 Å². The summed E-state index contributed by atoms with van der Waals surface area (Å²) in [5.41, 5.74) is 11.4. The molecule has 5 heteroatoms. The van der Waals surface area contributed by atoms with E-state index in [4.69, 9.17) is 5.73 Å². The van der Waals surface area contributed by atoms with E-state index in [9.17, 15) is 0 Å². The first-order valence-electron chi connectivity index (χ1n) is 6.23. The highest BCUT2D eigenvalue weighted by atomic mass is 15.4. The van der Waals surface area contributed by atoms with Crippen molar-refractivity contribution in [1.82, 2.24) is 19.3 Å². The molecule has 19 heavy (non-hydrogen) atoms. The summed E-state index contributed by atoms with van der Waals surface area (Å²) < 4.78 is 3.70. The van der Waals surface area contributed by atoms with Gasteiger partial charge in [-0.2, -0.15) is 9.78 Å². The van der Waals surface area contributed by atoms with Crippen molar-refractivity contribution < 1.29 is 0 Å². The van der Waals surface area contributed by atoms with Gasteiger partial charge in [-0.1, -0.05) is 0 Å². The summed E-state index contributed by atoms with van der Waals surface area (Å²) in [4.78, 5) is 4.64. The number of anilines is 1. The van der Waals surface area contributed by atoms with Gasteiger partial charge in [0, 0.05) is 13.1 Å². The smallest absolute Gasteiger partial charge is 0.233 e. The molecule has 0 saturated carbocycles. The van der Waals surface area contributed by atoms with Crippen LogP contribution in [0.2, 0.25) is 0 Å². The molecule has 3 aromatic rings. The minimum absolute atomic E-state index is 0.601. The van der Waals surface area contributed by atoms with Crippen molar-refractivity contribution in [2.24, 2.45) is 7.05 Å². The topological polar surface area (TPSA) is 61.7 Å². The Morgan fingerprint density at radius 2 is 1.74 bits per heavy atom. The molecule has 0 aliphatic rings. The lowest BCUT2D eigenvalue weighted by atomic mass is 10.1. The van der Waals surface area contributed by atoms with Crippen LogP contribution >= 0.6 is 0 Å². The maximum absolute atomic E-state index is 5.97. The summed E-state index contributed by atoms with van der Waals surface area (Å²) in [6.45, 7) is 6.12. The predicted octanol–water partition coefficient (Wildman–Crippen LogP) is 2.27. The zero-order valence-electron chi connectivity index (χ0n) is 11.6. The molecule has 1 aromatic carbocycles. The second-order valence-corrected chi connectivity index (χ2v) is 5.02. The number of nitrogens with two attached hydrogens (primary N) is 1. The van der Waals surface area contributed by atoms with Crippen molar-refractivity contribution in [3.05, 3.63) is 35.0 Å². The first kappa shape index (κ1) is 11.8. The minimum atomic E-state index is 0.601. The Bertz CT molecular complexity index is 779. The van der Waals surface area contributed by atoms with Crippen LogP contribution in [-0.4, -0.2) is 19.3 Å². The third kappa shape index (κ3) is 1.69. The lowest BCUT2D eigenvalue weighted by Gasteiger charge is -2.04. The summed E-state index contributed by atoms with van der Waals surface area (Å²) in [6, 6.07) is 6.09. The third-order valence-electron chi connectivity index (χ3n) is 3.52. The van der Waals surface area contributed by atoms with Gasteiger partial charge in [0.1, 0.15) is 5.82 Å². The normalized spacial score (nSPS) is 11.4. The number of nitrogens with zero attached hydrogens (tertiary/aromatic N) is 4. The second kappa shape index (κ2) is 3.85. The van der Waals surface area contributed by atoms with Gasteiger partial charge in [-0.3, -0.25) is 0 Å². The van der Waals surface area contributed by atoms with Crippen LogP contribution in [0.1, 0.15) is 16.8 Å². The van der Waals surface area contributed by atoms with Crippen LogP contribution in [0.5, 0.6) is 0 Å². The molecular formula is C14H17N5. The molecule has 0 spiro atoms. The van der Waals surface area contributed by atoms with Crippen molar-refractivity contribution in [3.63, 3.8) is 0 Å². The van der Waals surface area contributed by atoms with Crippen molar-refractivity contribution in [3.8, 4) is 5.95 Å². The van der Waals surface area contributed by atoms with E-state index in [0.717, 1.165) is 22.7 Å². The number of aromatic nitrogens is 4. The lowest BCUT2D eigenvalue weighted by molar-refractivity contribution is 0.761. The van der Waals surface area contributed by atoms with Gasteiger partial charge in [0.05, 0.1) is 16.7 Å². The largest absolute Gasteiger partial charge is 0.383 e. The first-order chi connectivity index (χ1) is 8.97. The van der Waals surface area contributed by atoms with Gasteiger partial charge in [0.25, 0.3) is 0 Å². The molecule has 0 aliphatic carbocycles. The average molecular weight is 255 g/mol. The van der Waals surface area contributed by atoms with Crippen LogP contribution in [0.25, 0.3) is 17.0 Å². The number of hydrogen-bond donors (Lipinski definition) is 1. The molecule has 0 amide bonds. The van der Waals surface area contributed by atoms with E-state index >= 15 is 0 Å². The van der Waals surface area contributed by atoms with E-state index < -0.39 is 0 Å². The van der Waals surface area contributed by atoms with Crippen LogP contribution in [0.15, 0.2) is 18.2 Å². The van der Waals surface area contributed by atoms with Gasteiger partial charge in [0.15, 0.2) is 0 Å². The van der Waals surface area contributed by atoms with E-state index in [-0.39, 0.29) is 0 Å². The SMILES string of the molecule is Cc1cc(N)n(-c2nc3cc(C)c(C)cc3n2C)n1. The zero-order valence-corrected chi connectivity index (χ0v) is 11.6. The first-order valence-corrected chi connectivity index (χ1v) is 6.23. The van der Waals surface area contributed by atoms with Gasteiger partial charge in [-0.15, -0.1) is 0 Å². The highest BCUT2D eigenvalue weighted by molar-refractivity contribution is 5.79. The number of nitrogen functional groups attached to an aromatic ring is 1. The maximum Gasteiger partial charge on any atom is 0.233 e. The second-order valence-electron chi connectivity index (χ2n) is 5.02. The minimum Gasteiger partial charge on any atom is -0.383 e. The summed E-state index contributed by atoms with van der Waals surface area (Å²) in [7, 11) is 1.98. The number of imidazole rings is 1. The molecule has 0 saturated heterocycles. The Balaban J connectivity index is 2.31. The average Bonchev–Trinajstić information content (AvgIpc) is 2.82. The van der Waals surface area contributed by atoms with Crippen molar-refractivity contribution >= 4 is 16.9 Å². The van der Waals surface area contributed by atoms with Crippen LogP contribution in [-0.2, 0) is 7.05 Å². The standard InChI is InChI=1S/C14H17N5/c1-8-5-11-12(6-9(8)2)18(4)14(16-11)19-13(15)7-10(3)17-19/h5-7H,15H2,1-4H3. The van der Waals surface area contributed by atoms with E-state index in [1.807, 2.05) is 24.6 Å². The van der Waals surface area contributed by atoms with Crippen LogP contribution in [0, 0.1) is 20.8 Å². The highest BCUT2D eigenvalue weighted by Crippen LogP contribution is 2.22. The summed E-state index contributed by atoms with van der Waals surface area (Å²) >= 11 is 0. The van der Waals surface area contributed by atoms with Gasteiger partial charge in [-0.25, -0.2) is 4.98 Å². The fraction of sp³-hybridized carbons (Fsp3) is 0.286. The molecular weight excluding hydrogens is 238 g/mol. The van der Waals surface area contributed by atoms with Gasteiger partial charge >= 0.3 is 0 Å². The fourth-order valence-electron chi connectivity index (χ4n) is 2.30. The van der Waals surface area contributed by atoms with Crippen LogP contribution in [0.4, 0.5) is 5.82 Å². The number of aryl methyl sites for hydroxylation is 4. The van der Waals surface area contributed by atoms with Crippen molar-refractivity contribution in [2.45, 2.75) is 20.8 Å². The Morgan fingerprint density at radius 3 is 2.37 bits per heavy atom. The Kier molecular flexibility index (Phi) is 2.38. The molecule has 0 atom stereocenters. The molecule has 2 heterocycles. The van der Waals surface area contributed by atoms with Gasteiger partial charge in [-0.05, 0) is 44.0 Å². The van der Waals surface area contributed by atoms with E-state index in [2.05, 4.69) is 36.1 Å². The predicted molar refractivity (Wildman–Crippen MR) is 76.5 cm³/mol. The molecule has 0 aliphatic heterocycles. The zero-order chi connectivity index (χ0) is 13.7. The lowest BCUT2D eigenvalue weighted by Crippen LogP contribution is -2.08. The number of fused-ring (bicyclic) bond motifs is 1. The molecule has 98 valence electrons. The maximum atomic E-state index is 5.97. The summed E-state index contributed by atoms with van der Waals surface area (Å²) in [5, 5.41) is 4.39. The van der Waals surface area contributed by atoms with Crippen LogP contribution in [0.3, 0.4) is 0 Å². The Morgan fingerprint density at radius 1 is 1.05 bits per heavy atom. The molecule has 3 rings (SSSR count). The van der Waals surface area contributed by atoms with Gasteiger partial charge in [0.2, 0.25) is 5.95 Å². The molecule has 5 nitrogen and oxygen atoms in total. The van der Waals surface area contributed by atoms with Crippen molar-refractivity contribution in [1.29, 1.82) is 0 Å². The van der Waals surface area contributed by atoms with E-state index in [1.54, 1.807) is 4.68 Å². The number of benzene rings is 1. The van der Waals surface area contributed by atoms with Crippen molar-refractivity contribution in [2.75, 3.05) is 5.73 Å².